The molecule has 0 unspecified atom stereocenters. The first-order chi connectivity index (χ1) is 8.59. The van der Waals surface area contributed by atoms with Crippen LogP contribution in [0.1, 0.15) is 11.6 Å². The number of hydrogen-bond acceptors (Lipinski definition) is 4. The van der Waals surface area contributed by atoms with Gasteiger partial charge in [-0.1, -0.05) is 0 Å². The van der Waals surface area contributed by atoms with Crippen molar-refractivity contribution in [2.45, 2.75) is 12.5 Å². The SMILES string of the molecule is Oc1ccc([C@@H](C(F)F)N2CCNCC2)c(O)c1. The van der Waals surface area contributed by atoms with Gasteiger partial charge in [0.2, 0.25) is 0 Å². The lowest BCUT2D eigenvalue weighted by molar-refractivity contribution is 0.0170. The molecule has 0 aliphatic carbocycles. The average molecular weight is 258 g/mol. The molecule has 1 fully saturated rings. The smallest absolute Gasteiger partial charge is 0.258 e. The molecule has 1 atom stereocenters. The normalized spacial score (nSPS) is 19.1. The van der Waals surface area contributed by atoms with Gasteiger partial charge in [-0.15, -0.1) is 0 Å². The van der Waals surface area contributed by atoms with Crippen molar-refractivity contribution in [2.24, 2.45) is 0 Å². The van der Waals surface area contributed by atoms with Crippen molar-refractivity contribution in [3.63, 3.8) is 0 Å². The van der Waals surface area contributed by atoms with Crippen LogP contribution < -0.4 is 5.32 Å². The second-order valence-corrected chi connectivity index (χ2v) is 4.31. The van der Waals surface area contributed by atoms with Gasteiger partial charge in [0.1, 0.15) is 11.5 Å². The molecule has 2 rings (SSSR count). The molecule has 100 valence electrons. The maximum absolute atomic E-state index is 13.2. The third-order valence-electron chi connectivity index (χ3n) is 3.12. The number of phenolic OH excluding ortho intramolecular Hbond substituents is 2. The summed E-state index contributed by atoms with van der Waals surface area (Å²) in [5.41, 5.74) is 0.157. The summed E-state index contributed by atoms with van der Waals surface area (Å²) in [6.07, 6.45) is -2.58. The fraction of sp³-hybridized carbons (Fsp3) is 0.500. The van der Waals surface area contributed by atoms with E-state index in [-0.39, 0.29) is 17.1 Å². The van der Waals surface area contributed by atoms with E-state index in [1.54, 1.807) is 4.90 Å². The minimum absolute atomic E-state index is 0.135. The van der Waals surface area contributed by atoms with Gasteiger partial charge in [-0.25, -0.2) is 8.78 Å². The lowest BCUT2D eigenvalue weighted by Crippen LogP contribution is -2.46. The van der Waals surface area contributed by atoms with Gasteiger partial charge in [-0.3, -0.25) is 4.90 Å². The van der Waals surface area contributed by atoms with Crippen LogP contribution in [0.2, 0.25) is 0 Å². The lowest BCUT2D eigenvalue weighted by Gasteiger charge is -2.34. The third kappa shape index (κ3) is 2.70. The quantitative estimate of drug-likeness (QED) is 0.765. The minimum Gasteiger partial charge on any atom is -0.508 e. The predicted octanol–water partition coefficient (Wildman–Crippen LogP) is 1.31. The molecule has 0 amide bonds. The molecule has 0 spiro atoms. The summed E-state index contributed by atoms with van der Waals surface area (Å²) in [7, 11) is 0. The Morgan fingerprint density at radius 1 is 1.17 bits per heavy atom. The van der Waals surface area contributed by atoms with E-state index in [2.05, 4.69) is 5.32 Å². The van der Waals surface area contributed by atoms with Gasteiger partial charge in [0, 0.05) is 37.8 Å². The van der Waals surface area contributed by atoms with Crippen LogP contribution in [-0.4, -0.2) is 47.7 Å². The van der Waals surface area contributed by atoms with E-state index in [1.807, 2.05) is 0 Å². The van der Waals surface area contributed by atoms with Crippen molar-refractivity contribution in [1.82, 2.24) is 10.2 Å². The van der Waals surface area contributed by atoms with Gasteiger partial charge in [0.25, 0.3) is 6.43 Å². The van der Waals surface area contributed by atoms with Crippen LogP contribution in [0, 0.1) is 0 Å². The molecule has 0 saturated carbocycles. The number of aromatic hydroxyl groups is 2. The molecule has 1 aromatic carbocycles. The molecule has 18 heavy (non-hydrogen) atoms. The highest BCUT2D eigenvalue weighted by molar-refractivity contribution is 5.41. The summed E-state index contributed by atoms with van der Waals surface area (Å²) in [4.78, 5) is 1.65. The van der Waals surface area contributed by atoms with Gasteiger partial charge in [-0.05, 0) is 12.1 Å². The number of hydrogen-bond donors (Lipinski definition) is 3. The number of rotatable bonds is 3. The third-order valence-corrected chi connectivity index (χ3v) is 3.12. The Kier molecular flexibility index (Phi) is 3.98. The molecule has 3 N–H and O–H groups in total. The number of alkyl halides is 2. The molecule has 4 nitrogen and oxygen atoms in total. The van der Waals surface area contributed by atoms with E-state index in [4.69, 9.17) is 0 Å². The number of halogens is 2. The van der Waals surface area contributed by atoms with Gasteiger partial charge < -0.3 is 15.5 Å². The molecule has 1 saturated heterocycles. The highest BCUT2D eigenvalue weighted by atomic mass is 19.3. The Bertz CT molecular complexity index is 409. The molecule has 1 heterocycles. The first-order valence-electron chi connectivity index (χ1n) is 5.84. The Morgan fingerprint density at radius 2 is 1.83 bits per heavy atom. The van der Waals surface area contributed by atoms with Crippen molar-refractivity contribution in [2.75, 3.05) is 26.2 Å². The van der Waals surface area contributed by atoms with E-state index in [9.17, 15) is 19.0 Å². The Labute approximate surface area is 104 Å². The second-order valence-electron chi connectivity index (χ2n) is 4.31. The fourth-order valence-corrected chi connectivity index (χ4v) is 2.23. The Balaban J connectivity index is 2.28. The van der Waals surface area contributed by atoms with Crippen molar-refractivity contribution in [3.8, 4) is 11.5 Å². The standard InChI is InChI=1S/C12H16F2N2O2/c13-12(14)11(16-5-3-15-4-6-16)9-2-1-8(17)7-10(9)18/h1-2,7,11-12,15,17-18H,3-6H2/t11-/m0/s1. The van der Waals surface area contributed by atoms with E-state index in [1.165, 1.54) is 12.1 Å². The zero-order chi connectivity index (χ0) is 13.1. The summed E-state index contributed by atoms with van der Waals surface area (Å²) in [6, 6.07) is 2.62. The molecule has 1 aliphatic heterocycles. The van der Waals surface area contributed by atoms with Crippen LogP contribution in [0.5, 0.6) is 11.5 Å². The summed E-state index contributed by atoms with van der Waals surface area (Å²) < 4.78 is 26.4. The maximum atomic E-state index is 13.2. The summed E-state index contributed by atoms with van der Waals surface area (Å²) >= 11 is 0. The Hall–Kier alpha value is -1.40. The van der Waals surface area contributed by atoms with Crippen LogP contribution in [0.3, 0.4) is 0 Å². The highest BCUT2D eigenvalue weighted by Crippen LogP contribution is 2.35. The molecule has 0 aromatic heterocycles. The average Bonchev–Trinajstić information content (AvgIpc) is 2.33. The number of nitrogens with one attached hydrogen (secondary N) is 1. The zero-order valence-electron chi connectivity index (χ0n) is 9.81. The van der Waals surface area contributed by atoms with Crippen LogP contribution in [0.4, 0.5) is 8.78 Å². The highest BCUT2D eigenvalue weighted by Gasteiger charge is 2.31. The van der Waals surface area contributed by atoms with Crippen LogP contribution in [0.25, 0.3) is 0 Å². The molecule has 0 radical (unpaired) electrons. The van der Waals surface area contributed by atoms with Crippen LogP contribution in [0.15, 0.2) is 18.2 Å². The predicted molar refractivity (Wildman–Crippen MR) is 63.0 cm³/mol. The fourth-order valence-electron chi connectivity index (χ4n) is 2.23. The topological polar surface area (TPSA) is 55.7 Å². The molecular formula is C12H16F2N2O2. The van der Waals surface area contributed by atoms with Gasteiger partial charge in [0.15, 0.2) is 0 Å². The number of phenols is 2. The number of piperazine rings is 1. The largest absolute Gasteiger partial charge is 0.508 e. The molecule has 6 heteroatoms. The van der Waals surface area contributed by atoms with Crippen molar-refractivity contribution >= 4 is 0 Å². The minimum atomic E-state index is -2.58. The van der Waals surface area contributed by atoms with Crippen LogP contribution >= 0.6 is 0 Å². The number of benzene rings is 1. The first kappa shape index (κ1) is 13.0. The van der Waals surface area contributed by atoms with Gasteiger partial charge in [0.05, 0.1) is 6.04 Å². The van der Waals surface area contributed by atoms with E-state index in [0.29, 0.717) is 26.2 Å². The molecule has 1 aliphatic rings. The van der Waals surface area contributed by atoms with E-state index >= 15 is 0 Å². The van der Waals surface area contributed by atoms with Gasteiger partial charge >= 0.3 is 0 Å². The monoisotopic (exact) mass is 258 g/mol. The summed E-state index contributed by atoms with van der Waals surface area (Å²) in [5.74, 6) is -0.427. The molecule has 0 bridgehead atoms. The molecule has 1 aromatic rings. The van der Waals surface area contributed by atoms with E-state index in [0.717, 1.165) is 6.07 Å². The van der Waals surface area contributed by atoms with E-state index < -0.39 is 12.5 Å². The lowest BCUT2D eigenvalue weighted by atomic mass is 10.0. The zero-order valence-corrected chi connectivity index (χ0v) is 9.81. The number of nitrogens with zero attached hydrogens (tertiary/aromatic N) is 1. The summed E-state index contributed by atoms with van der Waals surface area (Å²) in [6.45, 7) is 2.33. The maximum Gasteiger partial charge on any atom is 0.258 e. The van der Waals surface area contributed by atoms with Gasteiger partial charge in [-0.2, -0.15) is 0 Å². The Morgan fingerprint density at radius 3 is 2.39 bits per heavy atom. The first-order valence-corrected chi connectivity index (χ1v) is 5.84. The van der Waals surface area contributed by atoms with Crippen molar-refractivity contribution < 1.29 is 19.0 Å². The van der Waals surface area contributed by atoms with Crippen LogP contribution in [-0.2, 0) is 0 Å². The second kappa shape index (κ2) is 5.49. The summed E-state index contributed by atoms with van der Waals surface area (Å²) in [5, 5.41) is 22.0. The van der Waals surface area contributed by atoms with Crippen molar-refractivity contribution in [1.29, 1.82) is 0 Å². The molecular weight excluding hydrogens is 242 g/mol. The van der Waals surface area contributed by atoms with Crippen molar-refractivity contribution in [3.05, 3.63) is 23.8 Å².